The molecule has 0 aromatic heterocycles. The molecule has 1 aromatic carbocycles. The second kappa shape index (κ2) is 5.91. The number of aryl methyl sites for hydroxylation is 1. The third-order valence-corrected chi connectivity index (χ3v) is 2.53. The molecule has 0 unspecified atom stereocenters. The number of hydrogen-bond acceptors (Lipinski definition) is 1. The molecule has 0 radical (unpaired) electrons. The second-order valence-corrected chi connectivity index (χ2v) is 4.76. The summed E-state index contributed by atoms with van der Waals surface area (Å²) < 4.78 is 1.07. The number of halogens is 1. The Morgan fingerprint density at radius 3 is 2.47 bits per heavy atom. The third-order valence-electron chi connectivity index (χ3n) is 2.00. The summed E-state index contributed by atoms with van der Waals surface area (Å²) in [6.45, 7) is 3.94. The van der Waals surface area contributed by atoms with E-state index in [2.05, 4.69) is 21.2 Å². The van der Waals surface area contributed by atoms with E-state index in [1.165, 1.54) is 5.56 Å². The van der Waals surface area contributed by atoms with E-state index in [0.717, 1.165) is 10.9 Å². The van der Waals surface area contributed by atoms with Crippen LogP contribution in [0.5, 0.6) is 0 Å². The first kappa shape index (κ1) is 12.2. The number of benzene rings is 1. The number of carbonyl (C=O) groups excluding carboxylic acids is 1. The second-order valence-electron chi connectivity index (χ2n) is 3.85. The Labute approximate surface area is 99.2 Å². The van der Waals surface area contributed by atoms with Gasteiger partial charge in [-0.15, -0.1) is 0 Å². The maximum absolute atomic E-state index is 11.4. The first-order chi connectivity index (χ1) is 7.08. The van der Waals surface area contributed by atoms with Crippen LogP contribution in [0.25, 0.3) is 0 Å². The Kier molecular flexibility index (Phi) is 4.82. The summed E-state index contributed by atoms with van der Waals surface area (Å²) in [5, 5.41) is 2.88. The standard InChI is InChI=1S/C12H16BrNO/c1-9(2)14-12(15)8-5-10-3-6-11(13)7-4-10/h3-4,6-7,9H,5,8H2,1-2H3,(H,14,15). The Hall–Kier alpha value is -0.830. The first-order valence-corrected chi connectivity index (χ1v) is 5.91. The normalized spacial score (nSPS) is 10.4. The predicted molar refractivity (Wildman–Crippen MR) is 65.7 cm³/mol. The highest BCUT2D eigenvalue weighted by Gasteiger charge is 2.03. The molecular weight excluding hydrogens is 254 g/mol. The maximum atomic E-state index is 11.4. The van der Waals surface area contributed by atoms with Gasteiger partial charge in [0.1, 0.15) is 0 Å². The van der Waals surface area contributed by atoms with E-state index in [4.69, 9.17) is 0 Å². The fourth-order valence-corrected chi connectivity index (χ4v) is 1.57. The van der Waals surface area contributed by atoms with Crippen LogP contribution in [0.4, 0.5) is 0 Å². The summed E-state index contributed by atoms with van der Waals surface area (Å²) in [5.74, 6) is 0.118. The summed E-state index contributed by atoms with van der Waals surface area (Å²) >= 11 is 3.38. The monoisotopic (exact) mass is 269 g/mol. The molecule has 0 aliphatic rings. The van der Waals surface area contributed by atoms with Crippen LogP contribution in [-0.4, -0.2) is 11.9 Å². The van der Waals surface area contributed by atoms with Crippen molar-refractivity contribution < 1.29 is 4.79 Å². The van der Waals surface area contributed by atoms with Gasteiger partial charge in [-0.25, -0.2) is 0 Å². The highest BCUT2D eigenvalue weighted by atomic mass is 79.9. The molecule has 1 amide bonds. The number of nitrogens with one attached hydrogen (secondary N) is 1. The Bertz CT molecular complexity index is 319. The molecule has 0 saturated carbocycles. The van der Waals surface area contributed by atoms with Crippen molar-refractivity contribution in [1.29, 1.82) is 0 Å². The van der Waals surface area contributed by atoms with Gasteiger partial charge >= 0.3 is 0 Å². The Morgan fingerprint density at radius 2 is 1.93 bits per heavy atom. The molecule has 15 heavy (non-hydrogen) atoms. The van der Waals surface area contributed by atoms with E-state index in [1.807, 2.05) is 38.1 Å². The molecule has 0 aliphatic heterocycles. The van der Waals surface area contributed by atoms with Crippen LogP contribution >= 0.6 is 15.9 Å². The van der Waals surface area contributed by atoms with Crippen molar-refractivity contribution in [3.8, 4) is 0 Å². The minimum Gasteiger partial charge on any atom is -0.354 e. The lowest BCUT2D eigenvalue weighted by molar-refractivity contribution is -0.121. The summed E-state index contributed by atoms with van der Waals surface area (Å²) in [7, 11) is 0. The van der Waals surface area contributed by atoms with Crippen LogP contribution in [0.2, 0.25) is 0 Å². The van der Waals surface area contributed by atoms with Crippen molar-refractivity contribution in [2.24, 2.45) is 0 Å². The predicted octanol–water partition coefficient (Wildman–Crippen LogP) is 2.91. The highest BCUT2D eigenvalue weighted by Crippen LogP contribution is 2.11. The van der Waals surface area contributed by atoms with Gasteiger partial charge in [0.05, 0.1) is 0 Å². The Morgan fingerprint density at radius 1 is 1.33 bits per heavy atom. The summed E-state index contributed by atoms with van der Waals surface area (Å²) in [6.07, 6.45) is 1.35. The average Bonchev–Trinajstić information content (AvgIpc) is 2.16. The fraction of sp³-hybridized carbons (Fsp3) is 0.417. The molecule has 1 aromatic rings. The SMILES string of the molecule is CC(C)NC(=O)CCc1ccc(Br)cc1. The molecule has 1 N–H and O–H groups in total. The van der Waals surface area contributed by atoms with Gasteiger partial charge in [0, 0.05) is 16.9 Å². The van der Waals surface area contributed by atoms with Crippen molar-refractivity contribution >= 4 is 21.8 Å². The minimum atomic E-state index is 0.118. The van der Waals surface area contributed by atoms with E-state index in [1.54, 1.807) is 0 Å². The highest BCUT2D eigenvalue weighted by molar-refractivity contribution is 9.10. The Balaban J connectivity index is 2.37. The third kappa shape index (κ3) is 4.98. The van der Waals surface area contributed by atoms with Gasteiger partial charge < -0.3 is 5.32 Å². The number of rotatable bonds is 4. The van der Waals surface area contributed by atoms with Crippen LogP contribution < -0.4 is 5.32 Å². The van der Waals surface area contributed by atoms with Crippen LogP contribution in [0.3, 0.4) is 0 Å². The van der Waals surface area contributed by atoms with Gasteiger partial charge in [-0.3, -0.25) is 4.79 Å². The molecule has 0 saturated heterocycles. The van der Waals surface area contributed by atoms with Crippen molar-refractivity contribution in [2.75, 3.05) is 0 Å². The van der Waals surface area contributed by atoms with Crippen molar-refractivity contribution in [2.45, 2.75) is 32.7 Å². The molecule has 0 bridgehead atoms. The van der Waals surface area contributed by atoms with Crippen LogP contribution in [-0.2, 0) is 11.2 Å². The molecule has 0 aliphatic carbocycles. The molecule has 0 atom stereocenters. The molecule has 2 nitrogen and oxygen atoms in total. The minimum absolute atomic E-state index is 0.118. The largest absolute Gasteiger partial charge is 0.354 e. The zero-order valence-electron chi connectivity index (χ0n) is 9.09. The molecule has 0 heterocycles. The van der Waals surface area contributed by atoms with E-state index in [0.29, 0.717) is 6.42 Å². The van der Waals surface area contributed by atoms with E-state index < -0.39 is 0 Å². The van der Waals surface area contributed by atoms with E-state index in [9.17, 15) is 4.79 Å². The first-order valence-electron chi connectivity index (χ1n) is 5.11. The zero-order chi connectivity index (χ0) is 11.3. The summed E-state index contributed by atoms with van der Waals surface area (Å²) in [4.78, 5) is 11.4. The molecule has 82 valence electrons. The lowest BCUT2D eigenvalue weighted by atomic mass is 10.1. The van der Waals surface area contributed by atoms with Crippen molar-refractivity contribution in [3.05, 3.63) is 34.3 Å². The smallest absolute Gasteiger partial charge is 0.220 e. The van der Waals surface area contributed by atoms with Crippen LogP contribution in [0, 0.1) is 0 Å². The van der Waals surface area contributed by atoms with Crippen molar-refractivity contribution in [3.63, 3.8) is 0 Å². The van der Waals surface area contributed by atoms with Crippen LogP contribution in [0.15, 0.2) is 28.7 Å². The van der Waals surface area contributed by atoms with Crippen LogP contribution in [0.1, 0.15) is 25.8 Å². The number of amides is 1. The quantitative estimate of drug-likeness (QED) is 0.895. The number of carbonyl (C=O) groups is 1. The lowest BCUT2D eigenvalue weighted by Gasteiger charge is -2.07. The zero-order valence-corrected chi connectivity index (χ0v) is 10.7. The van der Waals surface area contributed by atoms with Gasteiger partial charge in [0.15, 0.2) is 0 Å². The molecule has 0 fully saturated rings. The summed E-state index contributed by atoms with van der Waals surface area (Å²) in [6, 6.07) is 8.28. The maximum Gasteiger partial charge on any atom is 0.220 e. The van der Waals surface area contributed by atoms with Gasteiger partial charge in [-0.05, 0) is 38.0 Å². The number of hydrogen-bond donors (Lipinski definition) is 1. The van der Waals surface area contributed by atoms with Crippen molar-refractivity contribution in [1.82, 2.24) is 5.32 Å². The van der Waals surface area contributed by atoms with Gasteiger partial charge in [-0.2, -0.15) is 0 Å². The average molecular weight is 270 g/mol. The molecular formula is C12H16BrNO. The van der Waals surface area contributed by atoms with Gasteiger partial charge in [0.25, 0.3) is 0 Å². The molecule has 3 heteroatoms. The molecule has 1 rings (SSSR count). The lowest BCUT2D eigenvalue weighted by Crippen LogP contribution is -2.30. The fourth-order valence-electron chi connectivity index (χ4n) is 1.30. The van der Waals surface area contributed by atoms with E-state index in [-0.39, 0.29) is 11.9 Å². The molecule has 0 spiro atoms. The topological polar surface area (TPSA) is 29.1 Å². The van der Waals surface area contributed by atoms with Gasteiger partial charge in [-0.1, -0.05) is 28.1 Å². The van der Waals surface area contributed by atoms with E-state index >= 15 is 0 Å². The van der Waals surface area contributed by atoms with Gasteiger partial charge in [0.2, 0.25) is 5.91 Å². The summed E-state index contributed by atoms with van der Waals surface area (Å²) in [5.41, 5.74) is 1.19.